The molecule has 96 valence electrons. The minimum atomic E-state index is 0.608. The molecule has 2 aromatic heterocycles. The monoisotopic (exact) mass is 263 g/mol. The van der Waals surface area contributed by atoms with Crippen molar-refractivity contribution in [3.8, 4) is 0 Å². The zero-order valence-electron chi connectivity index (χ0n) is 10.6. The van der Waals surface area contributed by atoms with Gasteiger partial charge in [0.25, 0.3) is 0 Å². The van der Waals surface area contributed by atoms with Gasteiger partial charge in [0, 0.05) is 30.9 Å². The van der Waals surface area contributed by atoms with Crippen LogP contribution in [0, 0.1) is 5.92 Å². The highest BCUT2D eigenvalue weighted by atomic mass is 32.1. The molecule has 0 fully saturated rings. The van der Waals surface area contributed by atoms with E-state index in [1.165, 1.54) is 0 Å². The number of aromatic nitrogens is 4. The van der Waals surface area contributed by atoms with Crippen LogP contribution in [-0.4, -0.2) is 20.0 Å². The molecule has 0 saturated carbocycles. The number of hydrogen-bond donors (Lipinski definition) is 1. The highest BCUT2D eigenvalue weighted by Crippen LogP contribution is 2.18. The molecular weight excluding hydrogens is 246 g/mol. The van der Waals surface area contributed by atoms with Gasteiger partial charge < -0.3 is 5.32 Å². The van der Waals surface area contributed by atoms with E-state index >= 15 is 0 Å². The van der Waals surface area contributed by atoms with Gasteiger partial charge in [0.15, 0.2) is 0 Å². The van der Waals surface area contributed by atoms with Gasteiger partial charge in [0.2, 0.25) is 5.13 Å². The van der Waals surface area contributed by atoms with Gasteiger partial charge >= 0.3 is 0 Å². The van der Waals surface area contributed by atoms with Crippen LogP contribution in [0.3, 0.4) is 0 Å². The van der Waals surface area contributed by atoms with E-state index in [2.05, 4.69) is 41.0 Å². The fourth-order valence-electron chi connectivity index (χ4n) is 1.50. The zero-order valence-corrected chi connectivity index (χ0v) is 11.4. The largest absolute Gasteiger partial charge is 0.356 e. The third-order valence-corrected chi connectivity index (χ3v) is 3.24. The average molecular weight is 263 g/mol. The van der Waals surface area contributed by atoms with Crippen molar-refractivity contribution in [1.82, 2.24) is 20.0 Å². The normalized spacial score (nSPS) is 10.8. The van der Waals surface area contributed by atoms with Crippen molar-refractivity contribution in [2.24, 2.45) is 5.92 Å². The van der Waals surface area contributed by atoms with E-state index in [1.54, 1.807) is 22.2 Å². The van der Waals surface area contributed by atoms with Crippen LogP contribution < -0.4 is 5.32 Å². The van der Waals surface area contributed by atoms with Crippen LogP contribution in [-0.2, 0) is 13.0 Å². The van der Waals surface area contributed by atoms with E-state index in [4.69, 9.17) is 0 Å². The molecule has 0 radical (unpaired) electrons. The molecule has 2 rings (SSSR count). The molecule has 0 amide bonds. The smallest absolute Gasteiger partial charge is 0.205 e. The Balaban J connectivity index is 1.89. The molecule has 0 aliphatic carbocycles. The maximum Gasteiger partial charge on any atom is 0.205 e. The highest BCUT2D eigenvalue weighted by Gasteiger charge is 2.06. The van der Waals surface area contributed by atoms with Gasteiger partial charge in [-0.3, -0.25) is 0 Å². The maximum absolute atomic E-state index is 4.16. The molecule has 2 aromatic rings. The molecule has 0 aromatic carbocycles. The minimum Gasteiger partial charge on any atom is -0.356 e. The maximum atomic E-state index is 4.16. The highest BCUT2D eigenvalue weighted by molar-refractivity contribution is 7.15. The third-order valence-electron chi connectivity index (χ3n) is 2.34. The predicted octanol–water partition coefficient (Wildman–Crippen LogP) is 2.65. The van der Waals surface area contributed by atoms with Crippen molar-refractivity contribution >= 4 is 22.7 Å². The van der Waals surface area contributed by atoms with Crippen LogP contribution in [0.2, 0.25) is 0 Å². The van der Waals surface area contributed by atoms with Gasteiger partial charge in [0.1, 0.15) is 5.01 Å². The Morgan fingerprint density at radius 2 is 2.33 bits per heavy atom. The Morgan fingerprint density at radius 3 is 3.00 bits per heavy atom. The summed E-state index contributed by atoms with van der Waals surface area (Å²) in [6, 6.07) is 0. The Hall–Kier alpha value is -1.69. The van der Waals surface area contributed by atoms with Crippen LogP contribution >= 0.6 is 11.3 Å². The molecule has 2 heterocycles. The van der Waals surface area contributed by atoms with Gasteiger partial charge in [0.05, 0.1) is 6.20 Å². The second kappa shape index (κ2) is 5.77. The van der Waals surface area contributed by atoms with Crippen molar-refractivity contribution in [3.05, 3.63) is 29.5 Å². The van der Waals surface area contributed by atoms with Crippen molar-refractivity contribution in [2.45, 2.75) is 26.8 Å². The number of anilines is 1. The topological polar surface area (TPSA) is 55.6 Å². The van der Waals surface area contributed by atoms with Crippen LogP contribution in [0.4, 0.5) is 5.13 Å². The van der Waals surface area contributed by atoms with E-state index in [-0.39, 0.29) is 0 Å². The van der Waals surface area contributed by atoms with Crippen LogP contribution in [0.25, 0.3) is 6.20 Å². The summed E-state index contributed by atoms with van der Waals surface area (Å²) in [6.45, 7) is 8.71. The number of hydrogen-bond acceptors (Lipinski definition) is 5. The second-order valence-electron chi connectivity index (χ2n) is 4.46. The first-order valence-corrected chi connectivity index (χ1v) is 6.71. The van der Waals surface area contributed by atoms with Gasteiger partial charge in [-0.1, -0.05) is 31.8 Å². The lowest BCUT2D eigenvalue weighted by Crippen LogP contribution is -1.97. The molecule has 0 spiro atoms. The fraction of sp³-hybridized carbons (Fsp3) is 0.417. The second-order valence-corrected chi connectivity index (χ2v) is 5.53. The van der Waals surface area contributed by atoms with Gasteiger partial charge in [-0.2, -0.15) is 5.10 Å². The zero-order chi connectivity index (χ0) is 13.0. The first-order chi connectivity index (χ1) is 8.67. The summed E-state index contributed by atoms with van der Waals surface area (Å²) in [7, 11) is 0. The van der Waals surface area contributed by atoms with Crippen LogP contribution in [0.15, 0.2) is 19.0 Å². The van der Waals surface area contributed by atoms with Crippen molar-refractivity contribution in [1.29, 1.82) is 0 Å². The SMILES string of the molecule is C=Cn1cc(CNc2nnc(CC(C)C)s2)cn1. The number of nitrogens with zero attached hydrogens (tertiary/aromatic N) is 4. The minimum absolute atomic E-state index is 0.608. The van der Waals surface area contributed by atoms with E-state index in [0.717, 1.165) is 22.1 Å². The Morgan fingerprint density at radius 1 is 1.50 bits per heavy atom. The van der Waals surface area contributed by atoms with E-state index in [0.29, 0.717) is 12.5 Å². The van der Waals surface area contributed by atoms with E-state index in [1.807, 2.05) is 12.4 Å². The molecule has 0 saturated heterocycles. The molecule has 18 heavy (non-hydrogen) atoms. The summed E-state index contributed by atoms with van der Waals surface area (Å²) in [5.74, 6) is 0.608. The molecule has 0 aliphatic rings. The van der Waals surface area contributed by atoms with E-state index in [9.17, 15) is 0 Å². The lowest BCUT2D eigenvalue weighted by Gasteiger charge is -1.98. The molecular formula is C12H17N5S. The third kappa shape index (κ3) is 3.40. The lowest BCUT2D eigenvalue weighted by atomic mass is 10.1. The first kappa shape index (κ1) is 12.8. The summed E-state index contributed by atoms with van der Waals surface area (Å²) in [6.07, 6.45) is 6.38. The number of rotatable bonds is 6. The number of nitrogens with one attached hydrogen (secondary N) is 1. The van der Waals surface area contributed by atoms with Gasteiger partial charge in [-0.15, -0.1) is 10.2 Å². The molecule has 0 bridgehead atoms. The van der Waals surface area contributed by atoms with Crippen LogP contribution in [0.1, 0.15) is 24.4 Å². The predicted molar refractivity (Wildman–Crippen MR) is 74.4 cm³/mol. The van der Waals surface area contributed by atoms with Crippen molar-refractivity contribution in [2.75, 3.05) is 5.32 Å². The molecule has 5 nitrogen and oxygen atoms in total. The molecule has 1 N–H and O–H groups in total. The first-order valence-electron chi connectivity index (χ1n) is 5.89. The lowest BCUT2D eigenvalue weighted by molar-refractivity contribution is 0.640. The van der Waals surface area contributed by atoms with Crippen molar-refractivity contribution in [3.63, 3.8) is 0 Å². The standard InChI is InChI=1S/C12H17N5S/c1-4-17-8-10(7-14-17)6-13-12-16-15-11(18-12)5-9(2)3/h4,7-9H,1,5-6H2,2-3H3,(H,13,16). The summed E-state index contributed by atoms with van der Waals surface area (Å²) in [4.78, 5) is 0. The molecule has 0 atom stereocenters. The molecule has 6 heteroatoms. The van der Waals surface area contributed by atoms with Gasteiger partial charge in [-0.25, -0.2) is 4.68 Å². The fourth-order valence-corrected chi connectivity index (χ4v) is 2.45. The average Bonchev–Trinajstić information content (AvgIpc) is 2.94. The quantitative estimate of drug-likeness (QED) is 0.870. The summed E-state index contributed by atoms with van der Waals surface area (Å²) < 4.78 is 1.68. The van der Waals surface area contributed by atoms with Crippen molar-refractivity contribution < 1.29 is 0 Å². The van der Waals surface area contributed by atoms with Gasteiger partial charge in [-0.05, 0) is 5.92 Å². The Labute approximate surface area is 111 Å². The van der Waals surface area contributed by atoms with Crippen LogP contribution in [0.5, 0.6) is 0 Å². The summed E-state index contributed by atoms with van der Waals surface area (Å²) >= 11 is 1.61. The summed E-state index contributed by atoms with van der Waals surface area (Å²) in [5.41, 5.74) is 1.09. The molecule has 0 unspecified atom stereocenters. The Bertz CT molecular complexity index is 514. The van der Waals surface area contributed by atoms with E-state index < -0.39 is 0 Å². The Kier molecular flexibility index (Phi) is 4.09. The summed E-state index contributed by atoms with van der Waals surface area (Å²) in [5, 5.41) is 17.6. The molecule has 0 aliphatic heterocycles.